The van der Waals surface area contributed by atoms with Crippen LogP contribution in [0.5, 0.6) is 0 Å². The Balaban J connectivity index is 2.79. The van der Waals surface area contributed by atoms with E-state index in [-0.39, 0.29) is 6.04 Å². The molecule has 7 heteroatoms. The fourth-order valence-corrected chi connectivity index (χ4v) is 1.93. The maximum Gasteiger partial charge on any atom is 0.328 e. The Morgan fingerprint density at radius 1 is 1.40 bits per heavy atom. The third kappa shape index (κ3) is 3.85. The predicted octanol–water partition coefficient (Wildman–Crippen LogP) is 1.49. The van der Waals surface area contributed by atoms with Gasteiger partial charge in [0.05, 0.1) is 12.6 Å². The van der Waals surface area contributed by atoms with Crippen molar-refractivity contribution in [1.29, 1.82) is 0 Å². The van der Waals surface area contributed by atoms with E-state index < -0.39 is 24.6 Å². The lowest BCUT2D eigenvalue weighted by molar-refractivity contribution is -0.140. The van der Waals surface area contributed by atoms with Crippen molar-refractivity contribution >= 4 is 23.6 Å². The summed E-state index contributed by atoms with van der Waals surface area (Å²) in [6, 6.07) is 4.83. The minimum atomic E-state index is -1.33. The number of carbonyl (C=O) groups is 2. The summed E-state index contributed by atoms with van der Waals surface area (Å²) in [6.07, 6.45) is 0. The van der Waals surface area contributed by atoms with Crippen LogP contribution in [0.1, 0.15) is 18.5 Å². The first kappa shape index (κ1) is 16.3. The van der Waals surface area contributed by atoms with Gasteiger partial charge in [-0.05, 0) is 18.6 Å². The van der Waals surface area contributed by atoms with Crippen molar-refractivity contribution in [2.24, 2.45) is 0 Å². The van der Waals surface area contributed by atoms with Crippen molar-refractivity contribution in [2.45, 2.75) is 19.0 Å². The largest absolute Gasteiger partial charge is 0.480 e. The molecule has 1 rings (SSSR count). The van der Waals surface area contributed by atoms with E-state index in [0.29, 0.717) is 5.02 Å². The van der Waals surface area contributed by atoms with Gasteiger partial charge in [-0.25, -0.2) is 9.59 Å². The summed E-state index contributed by atoms with van der Waals surface area (Å²) >= 11 is 6.06. The van der Waals surface area contributed by atoms with Gasteiger partial charge < -0.3 is 20.4 Å². The second-order valence-corrected chi connectivity index (χ2v) is 4.74. The molecule has 0 bridgehead atoms. The molecule has 0 saturated heterocycles. The number of carboxylic acid groups (broad SMARTS) is 1. The molecule has 1 aromatic carbocycles. The first-order chi connectivity index (χ1) is 9.38. The lowest BCUT2D eigenvalue weighted by Gasteiger charge is -2.27. The smallest absolute Gasteiger partial charge is 0.328 e. The number of benzene rings is 1. The Morgan fingerprint density at radius 2 is 2.00 bits per heavy atom. The standard InChI is InChI=1S/C13H17ClN2O4/c1-8(9-5-3-4-6-10(9)14)16(2)13(20)15-11(7-17)12(18)19/h3-6,8,11,17H,7H2,1-2H3,(H,15,20)(H,18,19)/t8?,11-/m1/s1. The highest BCUT2D eigenvalue weighted by Crippen LogP contribution is 2.26. The maximum atomic E-state index is 11.9. The summed E-state index contributed by atoms with van der Waals surface area (Å²) in [7, 11) is 1.53. The number of aliphatic hydroxyl groups excluding tert-OH is 1. The molecule has 20 heavy (non-hydrogen) atoms. The zero-order chi connectivity index (χ0) is 15.3. The van der Waals surface area contributed by atoms with E-state index in [9.17, 15) is 9.59 Å². The Hall–Kier alpha value is -1.79. The number of hydrogen-bond acceptors (Lipinski definition) is 3. The SMILES string of the molecule is CC(c1ccccc1Cl)N(C)C(=O)N[C@H](CO)C(=O)O. The fourth-order valence-electron chi connectivity index (χ4n) is 1.63. The van der Waals surface area contributed by atoms with Crippen LogP contribution in [0.3, 0.4) is 0 Å². The van der Waals surface area contributed by atoms with Crippen LogP contribution in [0.4, 0.5) is 4.79 Å². The van der Waals surface area contributed by atoms with Crippen LogP contribution in [0.2, 0.25) is 5.02 Å². The Labute approximate surface area is 122 Å². The Kier molecular flexibility index (Phi) is 5.79. The minimum Gasteiger partial charge on any atom is -0.480 e. The second kappa shape index (κ2) is 7.12. The average Bonchev–Trinajstić information content (AvgIpc) is 2.43. The maximum absolute atomic E-state index is 11.9. The molecular formula is C13H17ClN2O4. The number of aliphatic hydroxyl groups is 1. The van der Waals surface area contributed by atoms with Gasteiger partial charge >= 0.3 is 12.0 Å². The summed E-state index contributed by atoms with van der Waals surface area (Å²) in [5.41, 5.74) is 0.752. The number of nitrogens with one attached hydrogen (secondary N) is 1. The highest BCUT2D eigenvalue weighted by molar-refractivity contribution is 6.31. The topological polar surface area (TPSA) is 89.9 Å². The van der Waals surface area contributed by atoms with Crippen molar-refractivity contribution in [2.75, 3.05) is 13.7 Å². The van der Waals surface area contributed by atoms with Crippen LogP contribution in [0.15, 0.2) is 24.3 Å². The molecule has 0 fully saturated rings. The van der Waals surface area contributed by atoms with E-state index in [1.165, 1.54) is 11.9 Å². The zero-order valence-corrected chi connectivity index (χ0v) is 12.0. The molecule has 1 aromatic rings. The number of amides is 2. The highest BCUT2D eigenvalue weighted by Gasteiger charge is 2.24. The molecule has 0 aliphatic heterocycles. The Morgan fingerprint density at radius 3 is 2.50 bits per heavy atom. The van der Waals surface area contributed by atoms with Crippen molar-refractivity contribution in [3.8, 4) is 0 Å². The number of hydrogen-bond donors (Lipinski definition) is 3. The van der Waals surface area contributed by atoms with Crippen LogP contribution in [0.25, 0.3) is 0 Å². The molecule has 3 N–H and O–H groups in total. The molecule has 0 radical (unpaired) electrons. The highest BCUT2D eigenvalue weighted by atomic mass is 35.5. The first-order valence-corrected chi connectivity index (χ1v) is 6.37. The van der Waals surface area contributed by atoms with Gasteiger partial charge in [0.25, 0.3) is 0 Å². The number of halogens is 1. The van der Waals surface area contributed by atoms with E-state index in [0.717, 1.165) is 5.56 Å². The third-order valence-corrected chi connectivity index (χ3v) is 3.38. The fraction of sp³-hybridized carbons (Fsp3) is 0.385. The number of nitrogens with zero attached hydrogens (tertiary/aromatic N) is 1. The lowest BCUT2D eigenvalue weighted by atomic mass is 10.1. The zero-order valence-electron chi connectivity index (χ0n) is 11.2. The van der Waals surface area contributed by atoms with Gasteiger partial charge in [-0.1, -0.05) is 29.8 Å². The summed E-state index contributed by atoms with van der Waals surface area (Å²) < 4.78 is 0. The molecule has 0 aromatic heterocycles. The van der Waals surface area contributed by atoms with E-state index >= 15 is 0 Å². The molecular weight excluding hydrogens is 284 g/mol. The van der Waals surface area contributed by atoms with Gasteiger partial charge in [0.2, 0.25) is 0 Å². The molecule has 0 heterocycles. The molecule has 0 aliphatic rings. The number of rotatable bonds is 5. The molecule has 0 aliphatic carbocycles. The second-order valence-electron chi connectivity index (χ2n) is 4.33. The van der Waals surface area contributed by atoms with E-state index in [1.54, 1.807) is 31.2 Å². The summed E-state index contributed by atoms with van der Waals surface area (Å²) in [6.45, 7) is 1.10. The summed E-state index contributed by atoms with van der Waals surface area (Å²) in [5.74, 6) is -1.29. The number of urea groups is 1. The summed E-state index contributed by atoms with van der Waals surface area (Å²) in [5, 5.41) is 20.4. The quantitative estimate of drug-likeness (QED) is 0.768. The van der Waals surface area contributed by atoms with Crippen LogP contribution in [-0.2, 0) is 4.79 Å². The number of carbonyl (C=O) groups excluding carboxylic acids is 1. The van der Waals surface area contributed by atoms with Crippen LogP contribution < -0.4 is 5.32 Å². The molecule has 6 nitrogen and oxygen atoms in total. The molecule has 2 amide bonds. The van der Waals surface area contributed by atoms with Gasteiger partial charge in [-0.15, -0.1) is 0 Å². The van der Waals surface area contributed by atoms with Crippen molar-refractivity contribution < 1.29 is 19.8 Å². The van der Waals surface area contributed by atoms with Crippen molar-refractivity contribution in [3.63, 3.8) is 0 Å². The van der Waals surface area contributed by atoms with Gasteiger partial charge in [-0.3, -0.25) is 0 Å². The molecule has 2 atom stereocenters. The van der Waals surface area contributed by atoms with Crippen LogP contribution in [-0.4, -0.2) is 46.8 Å². The lowest BCUT2D eigenvalue weighted by Crippen LogP contribution is -2.48. The van der Waals surface area contributed by atoms with Crippen molar-refractivity contribution in [1.82, 2.24) is 10.2 Å². The van der Waals surface area contributed by atoms with E-state index in [1.807, 2.05) is 0 Å². The number of aliphatic carboxylic acids is 1. The normalized spacial score (nSPS) is 13.4. The van der Waals surface area contributed by atoms with Crippen LogP contribution in [0, 0.1) is 0 Å². The first-order valence-electron chi connectivity index (χ1n) is 6.00. The molecule has 0 spiro atoms. The van der Waals surface area contributed by atoms with Gasteiger partial charge in [0.15, 0.2) is 6.04 Å². The molecule has 0 saturated carbocycles. The molecule has 1 unspecified atom stereocenters. The predicted molar refractivity (Wildman–Crippen MR) is 74.7 cm³/mol. The number of carboxylic acids is 1. The monoisotopic (exact) mass is 300 g/mol. The van der Waals surface area contributed by atoms with Gasteiger partial charge in [0.1, 0.15) is 0 Å². The van der Waals surface area contributed by atoms with Crippen molar-refractivity contribution in [3.05, 3.63) is 34.9 Å². The Bertz CT molecular complexity index is 495. The third-order valence-electron chi connectivity index (χ3n) is 3.03. The van der Waals surface area contributed by atoms with Gasteiger partial charge in [-0.2, -0.15) is 0 Å². The van der Waals surface area contributed by atoms with E-state index in [2.05, 4.69) is 5.32 Å². The molecule has 110 valence electrons. The van der Waals surface area contributed by atoms with Gasteiger partial charge in [0, 0.05) is 12.1 Å². The van der Waals surface area contributed by atoms with Crippen LogP contribution >= 0.6 is 11.6 Å². The summed E-state index contributed by atoms with van der Waals surface area (Å²) in [4.78, 5) is 24.0. The van der Waals surface area contributed by atoms with E-state index in [4.69, 9.17) is 21.8 Å². The average molecular weight is 301 g/mol. The minimum absolute atomic E-state index is 0.336.